The van der Waals surface area contributed by atoms with Crippen molar-refractivity contribution in [1.29, 1.82) is 0 Å². The molecule has 1 aliphatic heterocycles. The number of benzene rings is 1. The number of ether oxygens (including phenoxy) is 3. The van der Waals surface area contributed by atoms with Crippen molar-refractivity contribution < 1.29 is 37.0 Å². The quantitative estimate of drug-likeness (QED) is 0.454. The van der Waals surface area contributed by atoms with Crippen LogP contribution in [0.25, 0.3) is 0 Å². The van der Waals surface area contributed by atoms with Crippen molar-refractivity contribution in [3.05, 3.63) is 53.9 Å². The lowest BCUT2D eigenvalue weighted by Gasteiger charge is -2.32. The van der Waals surface area contributed by atoms with Crippen LogP contribution in [0.4, 0.5) is 13.2 Å². The minimum absolute atomic E-state index is 0.101. The number of esters is 1. The number of hydrogen-bond donors (Lipinski definition) is 0. The molecule has 1 amide bonds. The van der Waals surface area contributed by atoms with E-state index in [9.17, 15) is 22.8 Å². The third-order valence-electron chi connectivity index (χ3n) is 4.61. The number of alkyl halides is 3. The van der Waals surface area contributed by atoms with Gasteiger partial charge in [0.1, 0.15) is 18.5 Å². The van der Waals surface area contributed by atoms with Gasteiger partial charge in [0, 0.05) is 17.6 Å². The molecule has 0 bridgehead atoms. The minimum atomic E-state index is -4.39. The Kier molecular flexibility index (Phi) is 7.97. The van der Waals surface area contributed by atoms with E-state index in [0.29, 0.717) is 30.3 Å². The number of nitrogens with zero attached hydrogens (tertiary/aromatic N) is 2. The average molecular weight is 470 g/mol. The second kappa shape index (κ2) is 10.7. The van der Waals surface area contributed by atoms with Gasteiger partial charge in [0.25, 0.3) is 0 Å². The van der Waals surface area contributed by atoms with Crippen molar-refractivity contribution in [3.63, 3.8) is 0 Å². The smallest absolute Gasteiger partial charge is 0.416 e. The molecule has 1 aromatic carbocycles. The van der Waals surface area contributed by atoms with E-state index < -0.39 is 17.7 Å². The molecule has 1 aliphatic rings. The predicted octanol–water partition coefficient (Wildman–Crippen LogP) is 3.29. The molecule has 1 atom stereocenters. The molecule has 0 spiro atoms. The molecule has 172 valence electrons. The Hall–Kier alpha value is -2.79. The first-order chi connectivity index (χ1) is 15.3. The second-order valence-corrected chi connectivity index (χ2v) is 7.90. The third-order valence-corrected chi connectivity index (χ3v) is 5.60. The lowest BCUT2D eigenvalue weighted by atomic mass is 10.2. The number of aromatic nitrogens is 1. The van der Waals surface area contributed by atoms with Crippen molar-refractivity contribution in [3.8, 4) is 5.75 Å². The van der Waals surface area contributed by atoms with Crippen LogP contribution in [-0.4, -0.2) is 67.0 Å². The van der Waals surface area contributed by atoms with Crippen LogP contribution in [0.3, 0.4) is 0 Å². The maximum atomic E-state index is 12.6. The van der Waals surface area contributed by atoms with Crippen LogP contribution in [0.15, 0.2) is 47.6 Å². The van der Waals surface area contributed by atoms with E-state index in [-0.39, 0.29) is 29.9 Å². The van der Waals surface area contributed by atoms with Gasteiger partial charge in [-0.05, 0) is 30.3 Å². The number of rotatable bonds is 7. The molecule has 3 rings (SSSR count). The minimum Gasteiger partial charge on any atom is -0.489 e. The van der Waals surface area contributed by atoms with Crippen LogP contribution in [-0.2, 0) is 20.4 Å². The van der Waals surface area contributed by atoms with Crippen LogP contribution in [0.1, 0.15) is 15.9 Å². The summed E-state index contributed by atoms with van der Waals surface area (Å²) in [6.07, 6.45) is -1.94. The summed E-state index contributed by atoms with van der Waals surface area (Å²) in [5.41, 5.74) is -0.469. The van der Waals surface area contributed by atoms with Crippen LogP contribution in [0.5, 0.6) is 5.75 Å². The number of hydrogen-bond acceptors (Lipinski definition) is 7. The van der Waals surface area contributed by atoms with Crippen molar-refractivity contribution in [2.75, 3.05) is 39.2 Å². The first-order valence-electron chi connectivity index (χ1n) is 9.62. The van der Waals surface area contributed by atoms with Crippen LogP contribution in [0.2, 0.25) is 0 Å². The maximum Gasteiger partial charge on any atom is 0.416 e. The molecule has 0 aliphatic carbocycles. The molecular formula is C21H21F3N2O5S. The van der Waals surface area contributed by atoms with Crippen molar-refractivity contribution in [2.24, 2.45) is 0 Å². The Morgan fingerprint density at radius 2 is 2.00 bits per heavy atom. The van der Waals surface area contributed by atoms with Gasteiger partial charge in [-0.25, -0.2) is 4.79 Å². The Morgan fingerprint density at radius 1 is 1.25 bits per heavy atom. The number of pyridine rings is 1. The van der Waals surface area contributed by atoms with Gasteiger partial charge in [-0.3, -0.25) is 9.78 Å². The molecule has 32 heavy (non-hydrogen) atoms. The maximum absolute atomic E-state index is 12.6. The highest BCUT2D eigenvalue weighted by Crippen LogP contribution is 2.30. The first-order valence-corrected chi connectivity index (χ1v) is 10.6. The van der Waals surface area contributed by atoms with Gasteiger partial charge >= 0.3 is 12.1 Å². The Balaban J connectivity index is 1.48. The zero-order valence-corrected chi connectivity index (χ0v) is 17.9. The lowest BCUT2D eigenvalue weighted by Crippen LogP contribution is -2.48. The summed E-state index contributed by atoms with van der Waals surface area (Å²) in [6, 6.07) is 6.21. The topological polar surface area (TPSA) is 78.0 Å². The summed E-state index contributed by atoms with van der Waals surface area (Å²) in [4.78, 5) is 30.3. The van der Waals surface area contributed by atoms with E-state index in [4.69, 9.17) is 9.47 Å². The summed E-state index contributed by atoms with van der Waals surface area (Å²) >= 11 is 1.18. The highest BCUT2D eigenvalue weighted by Gasteiger charge is 2.30. The average Bonchev–Trinajstić information content (AvgIpc) is 2.80. The predicted molar refractivity (Wildman–Crippen MR) is 110 cm³/mol. The third kappa shape index (κ3) is 6.60. The fourth-order valence-corrected chi connectivity index (χ4v) is 3.74. The summed E-state index contributed by atoms with van der Waals surface area (Å²) in [6.45, 7) is 1.23. The van der Waals surface area contributed by atoms with Gasteiger partial charge in [-0.1, -0.05) is 0 Å². The lowest BCUT2D eigenvalue weighted by molar-refractivity contribution is -0.138. The molecule has 0 saturated carbocycles. The fourth-order valence-electron chi connectivity index (χ4n) is 2.94. The SMILES string of the molecule is COC(=O)c1cncc(OCC2CN(C(=O)CSc3ccc(C(F)(F)F)cc3)CCO2)c1. The van der Waals surface area contributed by atoms with Gasteiger partial charge in [-0.2, -0.15) is 13.2 Å². The number of morpholine rings is 1. The zero-order valence-electron chi connectivity index (χ0n) is 17.1. The Morgan fingerprint density at radius 3 is 2.69 bits per heavy atom. The highest BCUT2D eigenvalue weighted by molar-refractivity contribution is 8.00. The van der Waals surface area contributed by atoms with Crippen molar-refractivity contribution >= 4 is 23.6 Å². The van der Waals surface area contributed by atoms with Crippen molar-refractivity contribution in [1.82, 2.24) is 9.88 Å². The first kappa shape index (κ1) is 23.9. The van der Waals surface area contributed by atoms with Gasteiger partial charge in [-0.15, -0.1) is 11.8 Å². The molecule has 1 fully saturated rings. The summed E-state index contributed by atoms with van der Waals surface area (Å²) < 4.78 is 53.9. The molecule has 7 nitrogen and oxygen atoms in total. The standard InChI is InChI=1S/C21H21F3N2O5S/c1-29-20(28)14-8-16(10-25-9-14)31-12-17-11-26(6-7-30-17)19(27)13-32-18-4-2-15(3-5-18)21(22,23)24/h2-5,8-10,17H,6-7,11-13H2,1H3. The molecular weight excluding hydrogens is 449 g/mol. The van der Waals surface area contributed by atoms with Crippen LogP contribution in [0, 0.1) is 0 Å². The molecule has 0 N–H and O–H groups in total. The van der Waals surface area contributed by atoms with Gasteiger partial charge in [0.2, 0.25) is 5.91 Å². The van der Waals surface area contributed by atoms with E-state index in [1.807, 2.05) is 0 Å². The molecule has 2 aromatic rings. The van der Waals surface area contributed by atoms with Gasteiger partial charge in [0.05, 0.1) is 43.3 Å². The van der Waals surface area contributed by atoms with E-state index in [1.54, 1.807) is 4.90 Å². The molecule has 1 aromatic heterocycles. The number of halogens is 3. The Bertz CT molecular complexity index is 940. The Labute approximate surface area is 186 Å². The summed E-state index contributed by atoms with van der Waals surface area (Å²) in [5.74, 6) is -0.195. The monoisotopic (exact) mass is 470 g/mol. The molecule has 11 heteroatoms. The fraction of sp³-hybridized carbons (Fsp3) is 0.381. The van der Waals surface area contributed by atoms with Gasteiger partial charge < -0.3 is 19.1 Å². The normalized spacial score (nSPS) is 16.5. The van der Waals surface area contributed by atoms with E-state index in [1.165, 1.54) is 49.5 Å². The number of carbonyl (C=O) groups is 2. The summed E-state index contributed by atoms with van der Waals surface area (Å²) in [5, 5.41) is 0. The number of amides is 1. The second-order valence-electron chi connectivity index (χ2n) is 6.86. The van der Waals surface area contributed by atoms with E-state index in [2.05, 4.69) is 9.72 Å². The number of methoxy groups -OCH3 is 1. The summed E-state index contributed by atoms with van der Waals surface area (Å²) in [7, 11) is 1.27. The number of thioether (sulfide) groups is 1. The van der Waals surface area contributed by atoms with Crippen molar-refractivity contribution in [2.45, 2.75) is 17.2 Å². The van der Waals surface area contributed by atoms with Gasteiger partial charge in [0.15, 0.2) is 0 Å². The molecule has 1 saturated heterocycles. The number of carbonyl (C=O) groups excluding carboxylic acids is 2. The molecule has 2 heterocycles. The van der Waals surface area contributed by atoms with E-state index in [0.717, 1.165) is 12.1 Å². The molecule has 1 unspecified atom stereocenters. The molecule has 0 radical (unpaired) electrons. The zero-order chi connectivity index (χ0) is 23.1. The van der Waals surface area contributed by atoms with Crippen LogP contribution < -0.4 is 4.74 Å². The highest BCUT2D eigenvalue weighted by atomic mass is 32.2. The largest absolute Gasteiger partial charge is 0.489 e. The van der Waals surface area contributed by atoms with Crippen LogP contribution >= 0.6 is 11.8 Å². The van der Waals surface area contributed by atoms with E-state index >= 15 is 0 Å².